The van der Waals surface area contributed by atoms with E-state index >= 15 is 0 Å². The lowest BCUT2D eigenvalue weighted by Crippen LogP contribution is -2.27. The van der Waals surface area contributed by atoms with Crippen molar-refractivity contribution in [3.63, 3.8) is 0 Å². The number of benzene rings is 2. The van der Waals surface area contributed by atoms with E-state index in [0.717, 1.165) is 11.3 Å². The normalized spacial score (nSPS) is 16.4. The van der Waals surface area contributed by atoms with Gasteiger partial charge < -0.3 is 18.9 Å². The summed E-state index contributed by atoms with van der Waals surface area (Å²) in [5.41, 5.74) is 1.41. The highest BCUT2D eigenvalue weighted by molar-refractivity contribution is 5.78. The highest BCUT2D eigenvalue weighted by atomic mass is 19.4. The van der Waals surface area contributed by atoms with Crippen LogP contribution in [0.15, 0.2) is 53.1 Å². The lowest BCUT2D eigenvalue weighted by molar-refractivity contribution is -0.274. The lowest BCUT2D eigenvalue weighted by atomic mass is 10.1. The Hall–Kier alpha value is -3.56. The fraction of sp³-hybridized carbons (Fsp3) is 0.318. The highest BCUT2D eigenvalue weighted by Gasteiger charge is 2.36. The second-order valence-electron chi connectivity index (χ2n) is 7.18. The van der Waals surface area contributed by atoms with Crippen molar-refractivity contribution >= 4 is 5.91 Å². The summed E-state index contributed by atoms with van der Waals surface area (Å²) in [6.45, 7) is 2.67. The Balaban J connectivity index is 1.47. The number of hydrogen-bond acceptors (Lipinski definition) is 6. The summed E-state index contributed by atoms with van der Waals surface area (Å²) < 4.78 is 51.7. The van der Waals surface area contributed by atoms with E-state index in [1.807, 2.05) is 31.2 Å². The summed E-state index contributed by atoms with van der Waals surface area (Å²) in [7, 11) is 0. The molecular weight excluding hydrogens is 427 g/mol. The molecule has 1 aliphatic heterocycles. The van der Waals surface area contributed by atoms with Crippen LogP contribution < -0.4 is 9.47 Å². The van der Waals surface area contributed by atoms with Crippen molar-refractivity contribution in [2.45, 2.75) is 38.7 Å². The Morgan fingerprint density at radius 3 is 2.44 bits per heavy atom. The maximum atomic E-state index is 12.4. The fourth-order valence-electron chi connectivity index (χ4n) is 3.54. The number of ether oxygens (including phenoxy) is 2. The van der Waals surface area contributed by atoms with Crippen molar-refractivity contribution in [2.24, 2.45) is 0 Å². The predicted octanol–water partition coefficient (Wildman–Crippen LogP) is 4.90. The molecule has 1 atom stereocenters. The first-order valence-electron chi connectivity index (χ1n) is 10.0. The minimum Gasteiger partial charge on any atom is -0.494 e. The van der Waals surface area contributed by atoms with Crippen LogP contribution in [0.3, 0.4) is 0 Å². The van der Waals surface area contributed by atoms with Crippen molar-refractivity contribution in [2.75, 3.05) is 6.61 Å². The zero-order valence-electron chi connectivity index (χ0n) is 17.1. The first kappa shape index (κ1) is 21.7. The van der Waals surface area contributed by atoms with Crippen LogP contribution in [-0.2, 0) is 11.3 Å². The van der Waals surface area contributed by atoms with Gasteiger partial charge >= 0.3 is 6.36 Å². The minimum atomic E-state index is -4.75. The molecule has 168 valence electrons. The number of rotatable bonds is 7. The molecule has 0 radical (unpaired) electrons. The summed E-state index contributed by atoms with van der Waals surface area (Å²) >= 11 is 0. The maximum Gasteiger partial charge on any atom is 0.573 e. The molecule has 10 heteroatoms. The smallest absolute Gasteiger partial charge is 0.494 e. The molecule has 0 spiro atoms. The Morgan fingerprint density at radius 1 is 1.09 bits per heavy atom. The van der Waals surface area contributed by atoms with Gasteiger partial charge in [-0.25, -0.2) is 0 Å². The number of carbonyl (C=O) groups excluding carboxylic acids is 1. The Bertz CT molecular complexity index is 1070. The molecule has 1 aromatic heterocycles. The van der Waals surface area contributed by atoms with Crippen molar-refractivity contribution < 1.29 is 32.0 Å². The number of alkyl halides is 3. The molecule has 32 heavy (non-hydrogen) atoms. The number of likely N-dealkylation sites (tertiary alicyclic amines) is 1. The van der Waals surface area contributed by atoms with E-state index in [1.54, 1.807) is 4.90 Å². The van der Waals surface area contributed by atoms with Crippen LogP contribution in [0.1, 0.15) is 37.3 Å². The Labute approximate surface area is 181 Å². The van der Waals surface area contributed by atoms with E-state index in [9.17, 15) is 18.0 Å². The van der Waals surface area contributed by atoms with Crippen LogP contribution in [0.5, 0.6) is 11.5 Å². The summed E-state index contributed by atoms with van der Waals surface area (Å²) in [5.74, 6) is 1.04. The zero-order valence-corrected chi connectivity index (χ0v) is 17.1. The molecule has 0 aliphatic carbocycles. The van der Waals surface area contributed by atoms with Crippen LogP contribution in [-0.4, -0.2) is 33.9 Å². The Kier molecular flexibility index (Phi) is 6.02. The van der Waals surface area contributed by atoms with E-state index < -0.39 is 12.4 Å². The third-order valence-electron chi connectivity index (χ3n) is 4.99. The first-order chi connectivity index (χ1) is 15.3. The molecule has 7 nitrogen and oxygen atoms in total. The van der Waals surface area contributed by atoms with Gasteiger partial charge in [0.2, 0.25) is 17.6 Å². The summed E-state index contributed by atoms with van der Waals surface area (Å²) in [6, 6.07) is 12.3. The summed E-state index contributed by atoms with van der Waals surface area (Å²) in [4.78, 5) is 18.5. The van der Waals surface area contributed by atoms with Gasteiger partial charge in [0, 0.05) is 18.5 Å². The monoisotopic (exact) mass is 447 g/mol. The third kappa shape index (κ3) is 5.01. The van der Waals surface area contributed by atoms with E-state index in [0.29, 0.717) is 36.7 Å². The third-order valence-corrected chi connectivity index (χ3v) is 4.99. The molecule has 1 amide bonds. The van der Waals surface area contributed by atoms with E-state index in [1.165, 1.54) is 24.3 Å². The van der Waals surface area contributed by atoms with Gasteiger partial charge in [0.1, 0.15) is 17.5 Å². The number of aromatic nitrogens is 2. The highest BCUT2D eigenvalue weighted by Crippen LogP contribution is 2.34. The molecule has 0 N–H and O–H groups in total. The zero-order chi connectivity index (χ0) is 22.7. The molecule has 1 saturated heterocycles. The molecule has 0 bridgehead atoms. The SMILES string of the molecule is CCOc1ccc(-c2noc(C3CCC(=O)N3Cc3ccc(OC(F)(F)F)cc3)n2)cc1. The number of nitrogens with zero attached hydrogens (tertiary/aromatic N) is 3. The van der Waals surface area contributed by atoms with Gasteiger partial charge in [-0.3, -0.25) is 4.79 Å². The van der Waals surface area contributed by atoms with Crippen molar-refractivity contribution in [1.82, 2.24) is 15.0 Å². The van der Waals surface area contributed by atoms with Crippen LogP contribution >= 0.6 is 0 Å². The largest absolute Gasteiger partial charge is 0.573 e. The van der Waals surface area contributed by atoms with E-state index in [2.05, 4.69) is 14.9 Å². The second kappa shape index (κ2) is 8.89. The van der Waals surface area contributed by atoms with Gasteiger partial charge in [-0.15, -0.1) is 13.2 Å². The average molecular weight is 447 g/mol. The summed E-state index contributed by atoms with van der Waals surface area (Å²) in [5, 5.41) is 4.03. The van der Waals surface area contributed by atoms with Gasteiger partial charge in [0.15, 0.2) is 0 Å². The van der Waals surface area contributed by atoms with Gasteiger partial charge in [0.05, 0.1) is 6.61 Å². The van der Waals surface area contributed by atoms with Gasteiger partial charge in [-0.05, 0) is 55.3 Å². The quantitative estimate of drug-likeness (QED) is 0.513. The molecule has 1 unspecified atom stereocenters. The molecule has 1 fully saturated rings. The Morgan fingerprint density at radius 2 is 1.78 bits per heavy atom. The standard InChI is InChI=1S/C22H20F3N3O4/c1-2-30-16-9-5-15(6-10-16)20-26-21(32-27-20)18-11-12-19(29)28(18)13-14-3-7-17(8-4-14)31-22(23,24)25/h3-10,18H,2,11-13H2,1H3. The number of halogens is 3. The topological polar surface area (TPSA) is 77.7 Å². The van der Waals surface area contributed by atoms with Crippen LogP contribution in [0.4, 0.5) is 13.2 Å². The second-order valence-corrected chi connectivity index (χ2v) is 7.18. The molecule has 0 saturated carbocycles. The van der Waals surface area contributed by atoms with Crippen molar-refractivity contribution in [1.29, 1.82) is 0 Å². The number of hydrogen-bond donors (Lipinski definition) is 0. The summed E-state index contributed by atoms with van der Waals surface area (Å²) in [6.07, 6.45) is -3.92. The first-order valence-corrected chi connectivity index (χ1v) is 10.0. The van der Waals surface area contributed by atoms with E-state index in [4.69, 9.17) is 9.26 Å². The lowest BCUT2D eigenvalue weighted by Gasteiger charge is -2.22. The molecule has 2 aromatic carbocycles. The predicted molar refractivity (Wildman–Crippen MR) is 107 cm³/mol. The number of carbonyl (C=O) groups is 1. The van der Waals surface area contributed by atoms with Gasteiger partial charge in [-0.1, -0.05) is 17.3 Å². The molecule has 1 aliphatic rings. The maximum absolute atomic E-state index is 12.4. The van der Waals surface area contributed by atoms with Crippen LogP contribution in [0, 0.1) is 0 Å². The van der Waals surface area contributed by atoms with Crippen molar-refractivity contribution in [3.8, 4) is 22.9 Å². The van der Waals surface area contributed by atoms with Crippen LogP contribution in [0.2, 0.25) is 0 Å². The minimum absolute atomic E-state index is 0.0913. The molecule has 2 heterocycles. The van der Waals surface area contributed by atoms with Gasteiger partial charge in [0.25, 0.3) is 0 Å². The molecular formula is C22H20F3N3O4. The van der Waals surface area contributed by atoms with Gasteiger partial charge in [-0.2, -0.15) is 4.98 Å². The molecule has 4 rings (SSSR count). The fourth-order valence-corrected chi connectivity index (χ4v) is 3.54. The number of amides is 1. The van der Waals surface area contributed by atoms with Crippen LogP contribution in [0.25, 0.3) is 11.4 Å². The van der Waals surface area contributed by atoms with E-state index in [-0.39, 0.29) is 18.2 Å². The van der Waals surface area contributed by atoms with Crippen molar-refractivity contribution in [3.05, 3.63) is 60.0 Å². The average Bonchev–Trinajstić information content (AvgIpc) is 3.37. The molecule has 3 aromatic rings.